The number of sulfonamides is 1. The Morgan fingerprint density at radius 1 is 1.11 bits per heavy atom. The van der Waals surface area contributed by atoms with E-state index in [1.165, 1.54) is 28.7 Å². The number of pyridine rings is 1. The Morgan fingerprint density at radius 3 is 2.46 bits per heavy atom. The number of amides is 1. The summed E-state index contributed by atoms with van der Waals surface area (Å²) in [5, 5.41) is 3.34. The molecular formula is C23H21Cl3N4O4S. The van der Waals surface area contributed by atoms with E-state index in [0.29, 0.717) is 0 Å². The number of anilines is 2. The fourth-order valence-corrected chi connectivity index (χ4v) is 5.88. The number of aromatic nitrogens is 1. The molecule has 0 bridgehead atoms. The minimum Gasteiger partial charge on any atom is -0.474 e. The summed E-state index contributed by atoms with van der Waals surface area (Å²) in [4.78, 5) is 19.1. The predicted octanol–water partition coefficient (Wildman–Crippen LogP) is 4.81. The molecule has 0 unspecified atom stereocenters. The first kappa shape index (κ1) is 25.5. The van der Waals surface area contributed by atoms with Gasteiger partial charge >= 0.3 is 0 Å². The number of likely N-dealkylation sites (N-methyl/N-ethyl adjacent to an activating group) is 1. The first-order valence-electron chi connectivity index (χ1n) is 10.4. The van der Waals surface area contributed by atoms with Crippen LogP contribution >= 0.6 is 34.8 Å². The van der Waals surface area contributed by atoms with Crippen LogP contribution < -0.4 is 14.4 Å². The first-order valence-corrected chi connectivity index (χ1v) is 13.0. The monoisotopic (exact) mass is 554 g/mol. The van der Waals surface area contributed by atoms with E-state index in [2.05, 4.69) is 10.3 Å². The topological polar surface area (TPSA) is 91.8 Å². The lowest BCUT2D eigenvalue weighted by molar-refractivity contribution is 0.102. The van der Waals surface area contributed by atoms with E-state index in [9.17, 15) is 13.2 Å². The number of hydrogen-bond acceptors (Lipinski definition) is 6. The third kappa shape index (κ3) is 5.34. The van der Waals surface area contributed by atoms with E-state index < -0.39 is 15.9 Å². The quantitative estimate of drug-likeness (QED) is 0.486. The number of fused-ring (bicyclic) bond motifs is 1. The van der Waals surface area contributed by atoms with Crippen LogP contribution in [0, 0.1) is 0 Å². The van der Waals surface area contributed by atoms with Gasteiger partial charge in [-0.1, -0.05) is 46.9 Å². The lowest BCUT2D eigenvalue weighted by Crippen LogP contribution is -2.44. The average molecular weight is 556 g/mol. The predicted molar refractivity (Wildman–Crippen MR) is 138 cm³/mol. The van der Waals surface area contributed by atoms with Crippen molar-refractivity contribution in [1.29, 1.82) is 0 Å². The van der Waals surface area contributed by atoms with Crippen molar-refractivity contribution in [1.82, 2.24) is 9.88 Å². The maximum atomic E-state index is 13.7. The number of carbonyl (C=O) groups is 1. The first-order chi connectivity index (χ1) is 16.6. The molecule has 3 aromatic rings. The smallest absolute Gasteiger partial charge is 0.264 e. The van der Waals surface area contributed by atoms with Crippen LogP contribution in [0.2, 0.25) is 15.1 Å². The van der Waals surface area contributed by atoms with Gasteiger partial charge in [0, 0.05) is 5.02 Å². The molecular weight excluding hydrogens is 535 g/mol. The zero-order valence-electron chi connectivity index (χ0n) is 18.7. The zero-order valence-corrected chi connectivity index (χ0v) is 21.8. The maximum absolute atomic E-state index is 13.7. The number of halogens is 3. The summed E-state index contributed by atoms with van der Waals surface area (Å²) in [7, 11) is -0.383. The van der Waals surface area contributed by atoms with Crippen molar-refractivity contribution in [2.24, 2.45) is 0 Å². The number of benzene rings is 2. The van der Waals surface area contributed by atoms with Crippen molar-refractivity contribution < 1.29 is 17.9 Å². The average Bonchev–Trinajstić information content (AvgIpc) is 2.99. The molecule has 184 valence electrons. The molecule has 0 spiro atoms. The van der Waals surface area contributed by atoms with Crippen LogP contribution in [-0.2, 0) is 10.0 Å². The lowest BCUT2D eigenvalue weighted by atomic mass is 10.2. The molecule has 1 aliphatic rings. The molecule has 0 aliphatic carbocycles. The molecule has 1 atom stereocenters. The van der Waals surface area contributed by atoms with Crippen molar-refractivity contribution in [2.45, 2.75) is 10.9 Å². The molecule has 1 aromatic heterocycles. The van der Waals surface area contributed by atoms with Crippen molar-refractivity contribution in [2.75, 3.05) is 36.9 Å². The molecule has 12 heteroatoms. The molecule has 1 N–H and O–H groups in total. The normalized spacial score (nSPS) is 15.8. The molecule has 1 aliphatic heterocycles. The van der Waals surface area contributed by atoms with Crippen LogP contribution in [0.15, 0.2) is 59.6 Å². The van der Waals surface area contributed by atoms with Gasteiger partial charge < -0.3 is 15.0 Å². The Bertz CT molecular complexity index is 1360. The Hall–Kier alpha value is -2.56. The van der Waals surface area contributed by atoms with Crippen LogP contribution in [0.1, 0.15) is 10.4 Å². The van der Waals surface area contributed by atoms with Crippen LogP contribution in [0.5, 0.6) is 5.88 Å². The highest BCUT2D eigenvalue weighted by atomic mass is 35.5. The molecule has 0 saturated heterocycles. The molecule has 1 amide bonds. The summed E-state index contributed by atoms with van der Waals surface area (Å²) in [5.41, 5.74) is 0.512. The maximum Gasteiger partial charge on any atom is 0.264 e. The van der Waals surface area contributed by atoms with Gasteiger partial charge in [-0.05, 0) is 50.5 Å². The Kier molecular flexibility index (Phi) is 7.44. The van der Waals surface area contributed by atoms with E-state index >= 15 is 0 Å². The van der Waals surface area contributed by atoms with E-state index in [0.717, 1.165) is 0 Å². The molecule has 0 radical (unpaired) electrons. The van der Waals surface area contributed by atoms with Gasteiger partial charge in [0.15, 0.2) is 0 Å². The summed E-state index contributed by atoms with van der Waals surface area (Å²) in [6.45, 7) is 0.305. The van der Waals surface area contributed by atoms with Gasteiger partial charge in [0.25, 0.3) is 15.9 Å². The molecule has 0 fully saturated rings. The van der Waals surface area contributed by atoms with Gasteiger partial charge in [-0.25, -0.2) is 13.4 Å². The number of carbonyl (C=O) groups excluding carboxylic acids is 1. The van der Waals surface area contributed by atoms with E-state index in [1.54, 1.807) is 30.3 Å². The van der Waals surface area contributed by atoms with E-state index in [4.69, 9.17) is 39.5 Å². The van der Waals surface area contributed by atoms with Crippen molar-refractivity contribution >= 4 is 62.1 Å². The van der Waals surface area contributed by atoms with Gasteiger partial charge in [0.1, 0.15) is 12.3 Å². The van der Waals surface area contributed by atoms with E-state index in [1.807, 2.05) is 19.0 Å². The van der Waals surface area contributed by atoms with Crippen LogP contribution in [0.3, 0.4) is 0 Å². The number of nitrogens with one attached hydrogen (secondary N) is 1. The Labute approximate surface area is 218 Å². The summed E-state index contributed by atoms with van der Waals surface area (Å²) < 4.78 is 34.5. The van der Waals surface area contributed by atoms with Crippen LogP contribution in [-0.4, -0.2) is 57.5 Å². The summed E-state index contributed by atoms with van der Waals surface area (Å²) >= 11 is 18.4. The van der Waals surface area contributed by atoms with Gasteiger partial charge in [0.2, 0.25) is 5.88 Å². The summed E-state index contributed by atoms with van der Waals surface area (Å²) in [6.07, 6.45) is 1.38. The molecule has 4 rings (SSSR count). The second-order valence-corrected chi connectivity index (χ2v) is 11.1. The SMILES string of the molecule is CN(C)[C@H]1COc2ncc(NC(=O)c3c(Cl)cccc3Cl)cc2N(S(=O)(=O)c2cccc(Cl)c2)C1. The molecule has 8 nitrogen and oxygen atoms in total. The second kappa shape index (κ2) is 10.2. The highest BCUT2D eigenvalue weighted by molar-refractivity contribution is 7.92. The van der Waals surface area contributed by atoms with E-state index in [-0.39, 0.29) is 62.0 Å². The number of nitrogens with zero attached hydrogens (tertiary/aromatic N) is 3. The number of rotatable bonds is 5. The fraction of sp³-hybridized carbons (Fsp3) is 0.217. The van der Waals surface area contributed by atoms with Gasteiger partial charge in [-0.3, -0.25) is 9.10 Å². The Balaban J connectivity index is 1.77. The lowest BCUT2D eigenvalue weighted by Gasteiger charge is -2.28. The number of hydrogen-bond donors (Lipinski definition) is 1. The summed E-state index contributed by atoms with van der Waals surface area (Å²) in [6, 6.07) is 12.0. The van der Waals surface area contributed by atoms with Crippen molar-refractivity contribution in [3.63, 3.8) is 0 Å². The van der Waals surface area contributed by atoms with Gasteiger partial charge in [0.05, 0.1) is 45.0 Å². The zero-order chi connectivity index (χ0) is 25.3. The standard InChI is InChI=1S/C23H21Cl3N4O4S/c1-29(2)16-12-30(35(32,33)17-6-3-5-14(24)9-17)20-10-15(11-27-23(20)34-13-16)28-22(31)21-18(25)7-4-8-19(21)26/h3-11,16H,12-13H2,1-2H3,(H,28,31)/t16-/m1/s1. The van der Waals surface area contributed by atoms with Crippen LogP contribution in [0.4, 0.5) is 11.4 Å². The third-order valence-corrected chi connectivity index (χ3v) is 8.09. The largest absolute Gasteiger partial charge is 0.474 e. The highest BCUT2D eigenvalue weighted by Crippen LogP contribution is 2.36. The molecule has 0 saturated carbocycles. The fourth-order valence-electron chi connectivity index (χ4n) is 3.52. The molecule has 2 heterocycles. The van der Waals surface area contributed by atoms with Crippen LogP contribution in [0.25, 0.3) is 0 Å². The second-order valence-electron chi connectivity index (χ2n) is 8.02. The molecule has 2 aromatic carbocycles. The third-order valence-electron chi connectivity index (χ3n) is 5.45. The van der Waals surface area contributed by atoms with Gasteiger partial charge in [-0.2, -0.15) is 0 Å². The Morgan fingerprint density at radius 2 is 1.80 bits per heavy atom. The van der Waals surface area contributed by atoms with Gasteiger partial charge in [-0.15, -0.1) is 0 Å². The highest BCUT2D eigenvalue weighted by Gasteiger charge is 2.34. The molecule has 35 heavy (non-hydrogen) atoms. The summed E-state index contributed by atoms with van der Waals surface area (Å²) in [5.74, 6) is -0.443. The minimum absolute atomic E-state index is 0.0210. The van der Waals surface area contributed by atoms with Crippen molar-refractivity contribution in [3.05, 3.63) is 75.4 Å². The minimum atomic E-state index is -4.05. The number of ether oxygens (including phenoxy) is 1. The van der Waals surface area contributed by atoms with Crippen molar-refractivity contribution in [3.8, 4) is 5.88 Å².